The van der Waals surface area contributed by atoms with E-state index in [0.29, 0.717) is 18.5 Å². The van der Waals surface area contributed by atoms with E-state index in [4.69, 9.17) is 5.73 Å². The molecule has 0 unspecified atom stereocenters. The molecule has 0 atom stereocenters. The van der Waals surface area contributed by atoms with Gasteiger partial charge < -0.3 is 16.0 Å². The number of nitrogens with two attached hydrogens (primary N) is 1. The van der Waals surface area contributed by atoms with Crippen molar-refractivity contribution in [3.63, 3.8) is 0 Å². The van der Waals surface area contributed by atoms with Gasteiger partial charge >= 0.3 is 0 Å². The first-order valence-electron chi connectivity index (χ1n) is 10.3. The van der Waals surface area contributed by atoms with E-state index in [1.54, 1.807) is 6.33 Å². The molecule has 164 valence electrons. The fraction of sp³-hybridized carbons (Fsp3) is 0.500. The third-order valence-electron chi connectivity index (χ3n) is 6.01. The van der Waals surface area contributed by atoms with Crippen molar-refractivity contribution in [2.24, 2.45) is 11.7 Å². The molecule has 8 heteroatoms. The van der Waals surface area contributed by atoms with Crippen molar-refractivity contribution in [3.8, 4) is 0 Å². The van der Waals surface area contributed by atoms with Gasteiger partial charge in [0.15, 0.2) is 0 Å². The average Bonchev–Trinajstić information content (AvgIpc) is 2.72. The van der Waals surface area contributed by atoms with E-state index in [-0.39, 0.29) is 36.6 Å². The van der Waals surface area contributed by atoms with Gasteiger partial charge in [0.1, 0.15) is 12.1 Å². The number of halogens is 2. The first-order chi connectivity index (χ1) is 13.7. The fourth-order valence-corrected chi connectivity index (χ4v) is 4.15. The molecule has 2 fully saturated rings. The number of aromatic nitrogens is 2. The Labute approximate surface area is 190 Å². The largest absolute Gasteiger partial charge is 0.356 e. The van der Waals surface area contributed by atoms with Crippen molar-refractivity contribution in [2.75, 3.05) is 24.5 Å². The first-order valence-corrected chi connectivity index (χ1v) is 10.3. The van der Waals surface area contributed by atoms with Crippen LogP contribution in [0.1, 0.15) is 42.9 Å². The lowest BCUT2D eigenvalue weighted by molar-refractivity contribution is -0.125. The molecule has 3 N–H and O–H groups in total. The van der Waals surface area contributed by atoms with Crippen LogP contribution in [0.3, 0.4) is 0 Å². The zero-order valence-electron chi connectivity index (χ0n) is 17.1. The maximum absolute atomic E-state index is 12.5. The SMILES string of the molecule is Cl.Cl.NC1CC(c2cc(N3CCC(C(=O)NCCc4ccccc4)CC3)ncn2)C1. The normalized spacial score (nSPS) is 21.0. The second kappa shape index (κ2) is 11.5. The molecular formula is C22H31Cl2N5O. The van der Waals surface area contributed by atoms with Gasteiger partial charge in [-0.2, -0.15) is 0 Å². The smallest absolute Gasteiger partial charge is 0.223 e. The minimum atomic E-state index is 0. The zero-order valence-corrected chi connectivity index (χ0v) is 18.7. The molecular weight excluding hydrogens is 421 g/mol. The maximum atomic E-state index is 12.5. The van der Waals surface area contributed by atoms with Crippen LogP contribution in [0.15, 0.2) is 42.7 Å². The number of amides is 1. The molecule has 2 aromatic rings. The molecule has 1 saturated heterocycles. The van der Waals surface area contributed by atoms with Crippen LogP contribution in [-0.4, -0.2) is 41.6 Å². The van der Waals surface area contributed by atoms with Gasteiger partial charge in [0, 0.05) is 49.3 Å². The molecule has 6 nitrogen and oxygen atoms in total. The molecule has 30 heavy (non-hydrogen) atoms. The molecule has 2 aliphatic rings. The molecule has 0 radical (unpaired) electrons. The summed E-state index contributed by atoms with van der Waals surface area (Å²) >= 11 is 0. The summed E-state index contributed by atoms with van der Waals surface area (Å²) in [6.07, 6.45) is 6.30. The third-order valence-corrected chi connectivity index (χ3v) is 6.01. The molecule has 0 bridgehead atoms. The Hall–Kier alpha value is -1.89. The number of nitrogens with one attached hydrogen (secondary N) is 1. The van der Waals surface area contributed by atoms with Crippen LogP contribution in [0.2, 0.25) is 0 Å². The number of hydrogen-bond donors (Lipinski definition) is 2. The highest BCUT2D eigenvalue weighted by atomic mass is 35.5. The van der Waals surface area contributed by atoms with Gasteiger partial charge in [0.25, 0.3) is 0 Å². The average molecular weight is 452 g/mol. The molecule has 1 aromatic carbocycles. The van der Waals surface area contributed by atoms with Crippen LogP contribution in [0, 0.1) is 5.92 Å². The molecule has 1 aliphatic heterocycles. The van der Waals surface area contributed by atoms with Crippen molar-refractivity contribution in [1.29, 1.82) is 0 Å². The summed E-state index contributed by atoms with van der Waals surface area (Å²) in [6, 6.07) is 12.7. The predicted molar refractivity (Wildman–Crippen MR) is 125 cm³/mol. The highest BCUT2D eigenvalue weighted by Crippen LogP contribution is 2.35. The number of hydrogen-bond acceptors (Lipinski definition) is 5. The summed E-state index contributed by atoms with van der Waals surface area (Å²) in [6.45, 7) is 2.41. The van der Waals surface area contributed by atoms with Crippen LogP contribution < -0.4 is 16.0 Å². The number of nitrogens with zero attached hydrogens (tertiary/aromatic N) is 3. The molecule has 1 saturated carbocycles. The third kappa shape index (κ3) is 6.06. The number of carbonyl (C=O) groups is 1. The van der Waals surface area contributed by atoms with E-state index in [1.165, 1.54) is 5.56 Å². The lowest BCUT2D eigenvalue weighted by Crippen LogP contribution is -2.41. The lowest BCUT2D eigenvalue weighted by Gasteiger charge is -2.34. The molecule has 4 rings (SSSR count). The van der Waals surface area contributed by atoms with Crippen LogP contribution in [0.5, 0.6) is 0 Å². The summed E-state index contributed by atoms with van der Waals surface area (Å²) < 4.78 is 0. The van der Waals surface area contributed by atoms with Gasteiger partial charge in [0.2, 0.25) is 5.91 Å². The van der Waals surface area contributed by atoms with Gasteiger partial charge in [-0.25, -0.2) is 9.97 Å². The number of benzene rings is 1. The lowest BCUT2D eigenvalue weighted by atomic mass is 9.78. The van der Waals surface area contributed by atoms with Crippen LogP contribution in [0.25, 0.3) is 0 Å². The van der Waals surface area contributed by atoms with E-state index in [0.717, 1.165) is 56.7 Å². The quantitative estimate of drug-likeness (QED) is 0.704. The zero-order chi connectivity index (χ0) is 19.3. The van der Waals surface area contributed by atoms with Gasteiger partial charge in [0.05, 0.1) is 0 Å². The van der Waals surface area contributed by atoms with Gasteiger partial charge in [-0.05, 0) is 37.7 Å². The van der Waals surface area contributed by atoms with E-state index >= 15 is 0 Å². The van der Waals surface area contributed by atoms with Crippen LogP contribution in [0.4, 0.5) is 5.82 Å². The minimum absolute atomic E-state index is 0. The minimum Gasteiger partial charge on any atom is -0.356 e. The Morgan fingerprint density at radius 1 is 1.10 bits per heavy atom. The Morgan fingerprint density at radius 2 is 1.80 bits per heavy atom. The van der Waals surface area contributed by atoms with E-state index in [2.05, 4.69) is 38.4 Å². The molecule has 1 aliphatic carbocycles. The summed E-state index contributed by atoms with van der Waals surface area (Å²) in [7, 11) is 0. The summed E-state index contributed by atoms with van der Waals surface area (Å²) in [4.78, 5) is 23.7. The standard InChI is InChI=1S/C22H29N5O.2ClH/c23-19-12-18(13-19)20-14-21(26-15-25-20)27-10-7-17(8-11-27)22(28)24-9-6-16-4-2-1-3-5-16;;/h1-5,14-15,17-19H,6-13,23H2,(H,24,28);2*1H. The van der Waals surface area contributed by atoms with Crippen molar-refractivity contribution >= 4 is 36.5 Å². The Balaban J connectivity index is 0.00000160. The van der Waals surface area contributed by atoms with E-state index in [9.17, 15) is 4.79 Å². The Bertz CT molecular complexity index is 793. The second-order valence-corrected chi connectivity index (χ2v) is 8.02. The van der Waals surface area contributed by atoms with Gasteiger partial charge in [-0.15, -0.1) is 24.8 Å². The summed E-state index contributed by atoms with van der Waals surface area (Å²) in [5.41, 5.74) is 8.27. The highest BCUT2D eigenvalue weighted by Gasteiger charge is 2.30. The topological polar surface area (TPSA) is 84.1 Å². The molecule has 1 amide bonds. The van der Waals surface area contributed by atoms with Crippen molar-refractivity contribution in [3.05, 3.63) is 54.0 Å². The van der Waals surface area contributed by atoms with Crippen LogP contribution >= 0.6 is 24.8 Å². The van der Waals surface area contributed by atoms with Gasteiger partial charge in [-0.3, -0.25) is 4.79 Å². The summed E-state index contributed by atoms with van der Waals surface area (Å²) in [5, 5.41) is 3.10. The summed E-state index contributed by atoms with van der Waals surface area (Å²) in [5.74, 6) is 1.73. The number of rotatable bonds is 6. The van der Waals surface area contributed by atoms with Crippen molar-refractivity contribution < 1.29 is 4.79 Å². The van der Waals surface area contributed by atoms with Crippen LogP contribution in [-0.2, 0) is 11.2 Å². The first kappa shape index (κ1) is 24.4. The van der Waals surface area contributed by atoms with E-state index < -0.39 is 0 Å². The molecule has 0 spiro atoms. The van der Waals surface area contributed by atoms with Gasteiger partial charge in [-0.1, -0.05) is 30.3 Å². The predicted octanol–water partition coefficient (Wildman–Crippen LogP) is 3.10. The highest BCUT2D eigenvalue weighted by molar-refractivity contribution is 5.85. The maximum Gasteiger partial charge on any atom is 0.223 e. The second-order valence-electron chi connectivity index (χ2n) is 8.02. The number of piperidine rings is 1. The Kier molecular flexibility index (Phi) is 9.34. The number of carbonyl (C=O) groups excluding carboxylic acids is 1. The molecule has 1 aromatic heterocycles. The Morgan fingerprint density at radius 3 is 2.47 bits per heavy atom. The fourth-order valence-electron chi connectivity index (χ4n) is 4.15. The molecule has 2 heterocycles. The monoisotopic (exact) mass is 451 g/mol. The van der Waals surface area contributed by atoms with Crippen molar-refractivity contribution in [1.82, 2.24) is 15.3 Å². The number of anilines is 1. The van der Waals surface area contributed by atoms with E-state index in [1.807, 2.05) is 18.2 Å². The van der Waals surface area contributed by atoms with Crippen molar-refractivity contribution in [2.45, 2.75) is 44.1 Å².